The van der Waals surface area contributed by atoms with Crippen LogP contribution in [0.2, 0.25) is 0 Å². The number of nitrogens with one attached hydrogen (secondary N) is 1. The minimum atomic E-state index is -1.71. The van der Waals surface area contributed by atoms with Gasteiger partial charge in [0.25, 0.3) is 5.91 Å². The fourth-order valence-electron chi connectivity index (χ4n) is 3.15. The summed E-state index contributed by atoms with van der Waals surface area (Å²) in [5.41, 5.74) is 0.183. The molecule has 1 atom stereocenters. The average Bonchev–Trinajstić information content (AvgIpc) is 3.20. The quantitative estimate of drug-likeness (QED) is 0.816. The van der Waals surface area contributed by atoms with Crippen molar-refractivity contribution in [3.05, 3.63) is 71.0 Å². The van der Waals surface area contributed by atoms with Crippen molar-refractivity contribution in [2.75, 3.05) is 13.1 Å². The number of hydrogen-bond acceptors (Lipinski definition) is 2. The van der Waals surface area contributed by atoms with E-state index in [-0.39, 0.29) is 12.3 Å². The number of rotatable bonds is 5. The molecule has 1 N–H and O–H groups in total. The molecular formula is C20H19F3N2O2. The zero-order chi connectivity index (χ0) is 19.4. The van der Waals surface area contributed by atoms with E-state index in [0.29, 0.717) is 19.2 Å². The van der Waals surface area contributed by atoms with Crippen molar-refractivity contribution in [2.45, 2.75) is 25.3 Å². The van der Waals surface area contributed by atoms with Crippen LogP contribution in [-0.4, -0.2) is 35.8 Å². The number of likely N-dealkylation sites (tertiary alicyclic amines) is 1. The van der Waals surface area contributed by atoms with E-state index in [9.17, 15) is 22.8 Å². The Hall–Kier alpha value is -2.83. The Labute approximate surface area is 155 Å². The van der Waals surface area contributed by atoms with E-state index in [1.54, 1.807) is 4.90 Å². The monoisotopic (exact) mass is 376 g/mol. The molecule has 1 saturated heterocycles. The van der Waals surface area contributed by atoms with Gasteiger partial charge < -0.3 is 10.2 Å². The lowest BCUT2D eigenvalue weighted by molar-refractivity contribution is -0.132. The molecule has 1 aliphatic heterocycles. The molecule has 0 unspecified atom stereocenters. The van der Waals surface area contributed by atoms with E-state index in [1.807, 2.05) is 30.3 Å². The van der Waals surface area contributed by atoms with Crippen LogP contribution in [0.25, 0.3) is 0 Å². The third-order valence-corrected chi connectivity index (χ3v) is 4.58. The Kier molecular flexibility index (Phi) is 5.78. The predicted molar refractivity (Wildman–Crippen MR) is 93.5 cm³/mol. The molecule has 4 nitrogen and oxygen atoms in total. The maximum Gasteiger partial charge on any atom is 0.255 e. The summed E-state index contributed by atoms with van der Waals surface area (Å²) in [5.74, 6) is -5.89. The molecule has 2 amide bonds. The molecule has 1 heterocycles. The highest BCUT2D eigenvalue weighted by molar-refractivity contribution is 5.97. The van der Waals surface area contributed by atoms with Crippen LogP contribution >= 0.6 is 0 Å². The highest BCUT2D eigenvalue weighted by Crippen LogP contribution is 2.17. The first kappa shape index (κ1) is 18.9. The first-order valence-corrected chi connectivity index (χ1v) is 8.74. The minimum absolute atomic E-state index is 0.215. The Morgan fingerprint density at radius 3 is 2.30 bits per heavy atom. The number of carbonyl (C=O) groups excluding carboxylic acids is 2. The molecule has 1 fully saturated rings. The molecule has 0 spiro atoms. The van der Waals surface area contributed by atoms with Gasteiger partial charge in [0.2, 0.25) is 5.91 Å². The van der Waals surface area contributed by atoms with Crippen LogP contribution in [0.1, 0.15) is 28.8 Å². The lowest BCUT2D eigenvalue weighted by atomic mass is 10.0. The summed E-state index contributed by atoms with van der Waals surface area (Å²) in [5, 5.41) is 2.49. The van der Waals surface area contributed by atoms with Gasteiger partial charge in [-0.15, -0.1) is 0 Å². The van der Waals surface area contributed by atoms with Gasteiger partial charge in [-0.3, -0.25) is 9.59 Å². The van der Waals surface area contributed by atoms with Crippen molar-refractivity contribution in [3.8, 4) is 0 Å². The van der Waals surface area contributed by atoms with E-state index in [2.05, 4.69) is 5.32 Å². The first-order valence-electron chi connectivity index (χ1n) is 8.74. The molecule has 7 heteroatoms. The molecule has 142 valence electrons. The topological polar surface area (TPSA) is 49.4 Å². The molecule has 2 aromatic carbocycles. The molecule has 1 aliphatic rings. The normalized spacial score (nSPS) is 14.9. The van der Waals surface area contributed by atoms with Gasteiger partial charge in [-0.05, 0) is 30.5 Å². The predicted octanol–water partition coefficient (Wildman–Crippen LogP) is 3.07. The number of carbonyl (C=O) groups is 2. The van der Waals surface area contributed by atoms with Gasteiger partial charge in [0, 0.05) is 19.5 Å². The van der Waals surface area contributed by atoms with Crippen LogP contribution < -0.4 is 5.32 Å². The second kappa shape index (κ2) is 8.24. The van der Waals surface area contributed by atoms with Crippen molar-refractivity contribution < 1.29 is 22.8 Å². The van der Waals surface area contributed by atoms with Gasteiger partial charge >= 0.3 is 0 Å². The van der Waals surface area contributed by atoms with Gasteiger partial charge in [-0.2, -0.15) is 0 Å². The number of amides is 2. The zero-order valence-electron chi connectivity index (χ0n) is 14.6. The summed E-state index contributed by atoms with van der Waals surface area (Å²) < 4.78 is 40.5. The molecule has 0 aliphatic carbocycles. The summed E-state index contributed by atoms with van der Waals surface area (Å²) in [6, 6.07) is 9.70. The highest BCUT2D eigenvalue weighted by Gasteiger charge is 2.29. The lowest BCUT2D eigenvalue weighted by Crippen LogP contribution is -2.49. The molecule has 0 radical (unpaired) electrons. The summed E-state index contributed by atoms with van der Waals surface area (Å²) >= 11 is 0. The molecular weight excluding hydrogens is 357 g/mol. The van der Waals surface area contributed by atoms with Gasteiger partial charge in [-0.25, -0.2) is 13.2 Å². The van der Waals surface area contributed by atoms with Crippen LogP contribution in [0.5, 0.6) is 0 Å². The van der Waals surface area contributed by atoms with E-state index < -0.39 is 35.0 Å². The maximum atomic E-state index is 13.9. The smallest absolute Gasteiger partial charge is 0.255 e. The van der Waals surface area contributed by atoms with Crippen molar-refractivity contribution in [2.24, 2.45) is 0 Å². The molecule has 27 heavy (non-hydrogen) atoms. The summed E-state index contributed by atoms with van der Waals surface area (Å²) in [6.45, 7) is 1.19. The fourth-order valence-corrected chi connectivity index (χ4v) is 3.15. The van der Waals surface area contributed by atoms with Crippen molar-refractivity contribution in [1.82, 2.24) is 10.2 Å². The molecule has 0 bridgehead atoms. The molecule has 3 rings (SSSR count). The average molecular weight is 376 g/mol. The molecule has 0 saturated carbocycles. The van der Waals surface area contributed by atoms with Crippen LogP contribution in [0.4, 0.5) is 13.2 Å². The van der Waals surface area contributed by atoms with E-state index in [1.165, 1.54) is 0 Å². The molecule has 0 aromatic heterocycles. The van der Waals surface area contributed by atoms with Crippen molar-refractivity contribution >= 4 is 11.8 Å². The van der Waals surface area contributed by atoms with E-state index in [0.717, 1.165) is 24.5 Å². The second-order valence-electron chi connectivity index (χ2n) is 6.47. The van der Waals surface area contributed by atoms with Crippen LogP contribution in [0.15, 0.2) is 42.5 Å². The fraction of sp³-hybridized carbons (Fsp3) is 0.300. The SMILES string of the molecule is O=C(N[C@H](Cc1ccccc1)C(=O)N1CCCC1)c1ccc(F)c(F)c1F. The van der Waals surface area contributed by atoms with Gasteiger partial charge in [0.15, 0.2) is 17.5 Å². The lowest BCUT2D eigenvalue weighted by Gasteiger charge is -2.24. The largest absolute Gasteiger partial charge is 0.341 e. The summed E-state index contributed by atoms with van der Waals surface area (Å²) in [6.07, 6.45) is 1.98. The second-order valence-corrected chi connectivity index (χ2v) is 6.47. The van der Waals surface area contributed by atoms with E-state index >= 15 is 0 Å². The third kappa shape index (κ3) is 4.30. The van der Waals surface area contributed by atoms with Crippen molar-refractivity contribution in [1.29, 1.82) is 0 Å². The number of halogens is 3. The zero-order valence-corrected chi connectivity index (χ0v) is 14.6. The Morgan fingerprint density at radius 1 is 0.963 bits per heavy atom. The standard InChI is InChI=1S/C20H19F3N2O2/c21-15-9-8-14(17(22)18(15)23)19(26)24-16(12-13-6-2-1-3-7-13)20(27)25-10-4-5-11-25/h1-3,6-9,16H,4-5,10-12H2,(H,24,26)/t16-/m1/s1. The van der Waals surface area contributed by atoms with Crippen LogP contribution in [-0.2, 0) is 11.2 Å². The summed E-state index contributed by atoms with van der Waals surface area (Å²) in [4.78, 5) is 26.9. The third-order valence-electron chi connectivity index (χ3n) is 4.58. The summed E-state index contributed by atoms with van der Waals surface area (Å²) in [7, 11) is 0. The Morgan fingerprint density at radius 2 is 1.63 bits per heavy atom. The minimum Gasteiger partial charge on any atom is -0.341 e. The number of nitrogens with zero attached hydrogens (tertiary/aromatic N) is 1. The highest BCUT2D eigenvalue weighted by atomic mass is 19.2. The van der Waals surface area contributed by atoms with Crippen LogP contribution in [0.3, 0.4) is 0 Å². The van der Waals surface area contributed by atoms with Crippen molar-refractivity contribution in [3.63, 3.8) is 0 Å². The van der Waals surface area contributed by atoms with Crippen LogP contribution in [0, 0.1) is 17.5 Å². The van der Waals surface area contributed by atoms with Gasteiger partial charge in [-0.1, -0.05) is 30.3 Å². The Bertz CT molecular complexity index is 837. The number of hydrogen-bond donors (Lipinski definition) is 1. The van der Waals surface area contributed by atoms with Gasteiger partial charge in [0.1, 0.15) is 6.04 Å². The molecule has 2 aromatic rings. The number of benzene rings is 2. The van der Waals surface area contributed by atoms with Gasteiger partial charge in [0.05, 0.1) is 5.56 Å². The maximum absolute atomic E-state index is 13.9. The first-order chi connectivity index (χ1) is 13.0. The Balaban J connectivity index is 1.83. The van der Waals surface area contributed by atoms with E-state index in [4.69, 9.17) is 0 Å².